The first-order valence-corrected chi connectivity index (χ1v) is 8.90. The summed E-state index contributed by atoms with van der Waals surface area (Å²) in [5, 5.41) is 7.27. The lowest BCUT2D eigenvalue weighted by Crippen LogP contribution is -2.33. The van der Waals surface area contributed by atoms with Gasteiger partial charge in [0.2, 0.25) is 0 Å². The third kappa shape index (κ3) is 4.41. The van der Waals surface area contributed by atoms with E-state index in [4.69, 9.17) is 17.0 Å². The number of hydrogen-bond donors (Lipinski definition) is 2. The second-order valence-electron chi connectivity index (χ2n) is 6.03. The maximum absolute atomic E-state index is 5.57. The fourth-order valence-corrected chi connectivity index (χ4v) is 3.13. The summed E-state index contributed by atoms with van der Waals surface area (Å²) in [6.07, 6.45) is 0. The van der Waals surface area contributed by atoms with E-state index in [9.17, 15) is 0 Å². The Bertz CT molecular complexity index is 880. The molecule has 132 valence electrons. The number of methoxy groups -OCH3 is 1. The van der Waals surface area contributed by atoms with Crippen LogP contribution in [0.25, 0.3) is 0 Å². The van der Waals surface area contributed by atoms with Gasteiger partial charge in [-0.3, -0.25) is 0 Å². The van der Waals surface area contributed by atoms with Gasteiger partial charge in [-0.1, -0.05) is 60.7 Å². The summed E-state index contributed by atoms with van der Waals surface area (Å²) >= 11 is 5.57. The molecule has 0 aliphatic rings. The lowest BCUT2D eigenvalue weighted by molar-refractivity contribution is 0.415. The van der Waals surface area contributed by atoms with Gasteiger partial charge in [0.1, 0.15) is 5.75 Å². The van der Waals surface area contributed by atoms with E-state index in [0.29, 0.717) is 5.11 Å². The summed E-state index contributed by atoms with van der Waals surface area (Å²) in [4.78, 5) is 0. The molecule has 0 aromatic heterocycles. The number of thiocarbonyl (C=S) groups is 1. The highest BCUT2D eigenvalue weighted by atomic mass is 32.1. The van der Waals surface area contributed by atoms with Crippen molar-refractivity contribution in [3.63, 3.8) is 0 Å². The first-order chi connectivity index (χ1) is 12.7. The highest BCUT2D eigenvalue weighted by Crippen LogP contribution is 2.25. The Hall–Kier alpha value is -2.85. The standard InChI is InChI=1S/C22H22N2OS/c1-16-9-6-7-14-20(16)21(17-10-4-3-5-11-17)24-22(26)23-18-12-8-13-19(15-18)25-2/h3-15,21H,1-2H3,(H2,23,24,26). The number of hydrogen-bond acceptors (Lipinski definition) is 2. The monoisotopic (exact) mass is 362 g/mol. The summed E-state index contributed by atoms with van der Waals surface area (Å²) in [5.41, 5.74) is 4.47. The smallest absolute Gasteiger partial charge is 0.171 e. The van der Waals surface area contributed by atoms with E-state index in [1.54, 1.807) is 7.11 Å². The van der Waals surface area contributed by atoms with E-state index < -0.39 is 0 Å². The van der Waals surface area contributed by atoms with E-state index in [0.717, 1.165) is 17.0 Å². The molecule has 4 heteroatoms. The Kier molecular flexibility index (Phi) is 5.87. The molecular formula is C22H22N2OS. The Morgan fingerprint density at radius 2 is 1.65 bits per heavy atom. The molecule has 0 spiro atoms. The molecule has 0 radical (unpaired) electrons. The fraction of sp³-hybridized carbons (Fsp3) is 0.136. The minimum Gasteiger partial charge on any atom is -0.497 e. The Morgan fingerprint density at radius 1 is 0.923 bits per heavy atom. The molecule has 3 aromatic rings. The van der Waals surface area contributed by atoms with Gasteiger partial charge in [0.25, 0.3) is 0 Å². The molecule has 3 rings (SSSR count). The van der Waals surface area contributed by atoms with E-state index >= 15 is 0 Å². The van der Waals surface area contributed by atoms with E-state index in [1.165, 1.54) is 11.1 Å². The molecule has 0 saturated carbocycles. The van der Waals surface area contributed by atoms with Crippen molar-refractivity contribution < 1.29 is 4.74 Å². The first-order valence-electron chi connectivity index (χ1n) is 8.49. The van der Waals surface area contributed by atoms with Gasteiger partial charge in [0.05, 0.1) is 13.2 Å². The van der Waals surface area contributed by atoms with Crippen molar-refractivity contribution in [3.8, 4) is 5.75 Å². The zero-order chi connectivity index (χ0) is 18.4. The van der Waals surface area contributed by atoms with Crippen LogP contribution >= 0.6 is 12.2 Å². The van der Waals surface area contributed by atoms with Crippen LogP contribution in [-0.4, -0.2) is 12.2 Å². The number of rotatable bonds is 5. The average molecular weight is 362 g/mol. The van der Waals surface area contributed by atoms with Crippen LogP contribution < -0.4 is 15.4 Å². The van der Waals surface area contributed by atoms with Gasteiger partial charge < -0.3 is 15.4 Å². The molecular weight excluding hydrogens is 340 g/mol. The molecule has 0 saturated heterocycles. The van der Waals surface area contributed by atoms with E-state index in [2.05, 4.69) is 47.9 Å². The van der Waals surface area contributed by atoms with Crippen LogP contribution in [0.3, 0.4) is 0 Å². The Morgan fingerprint density at radius 3 is 2.38 bits per heavy atom. The molecule has 26 heavy (non-hydrogen) atoms. The summed E-state index contributed by atoms with van der Waals surface area (Å²) < 4.78 is 5.27. The molecule has 0 amide bonds. The van der Waals surface area contributed by atoms with Crippen molar-refractivity contribution in [2.75, 3.05) is 12.4 Å². The van der Waals surface area contributed by atoms with Gasteiger partial charge in [0.15, 0.2) is 5.11 Å². The third-order valence-electron chi connectivity index (χ3n) is 4.24. The number of anilines is 1. The van der Waals surface area contributed by atoms with Crippen LogP contribution in [0.2, 0.25) is 0 Å². The third-order valence-corrected chi connectivity index (χ3v) is 4.46. The number of ether oxygens (including phenoxy) is 1. The van der Waals surface area contributed by atoms with Crippen molar-refractivity contribution in [2.24, 2.45) is 0 Å². The molecule has 3 aromatic carbocycles. The second-order valence-corrected chi connectivity index (χ2v) is 6.44. The van der Waals surface area contributed by atoms with Gasteiger partial charge in [-0.25, -0.2) is 0 Å². The predicted molar refractivity (Wildman–Crippen MR) is 112 cm³/mol. The molecule has 0 fully saturated rings. The van der Waals surface area contributed by atoms with Crippen molar-refractivity contribution in [3.05, 3.63) is 95.6 Å². The summed E-state index contributed by atoms with van der Waals surface area (Å²) in [7, 11) is 1.65. The summed E-state index contributed by atoms with van der Waals surface area (Å²) in [5.74, 6) is 0.788. The van der Waals surface area contributed by atoms with Crippen molar-refractivity contribution in [1.82, 2.24) is 5.32 Å². The average Bonchev–Trinajstić information content (AvgIpc) is 2.67. The van der Waals surface area contributed by atoms with Gasteiger partial charge in [-0.2, -0.15) is 0 Å². The quantitative estimate of drug-likeness (QED) is 0.620. The van der Waals surface area contributed by atoms with Crippen LogP contribution in [0.5, 0.6) is 5.75 Å². The number of benzene rings is 3. The highest BCUT2D eigenvalue weighted by molar-refractivity contribution is 7.80. The normalized spacial score (nSPS) is 11.5. The van der Waals surface area contributed by atoms with Crippen molar-refractivity contribution in [1.29, 1.82) is 0 Å². The fourth-order valence-electron chi connectivity index (χ4n) is 2.90. The van der Waals surface area contributed by atoms with E-state index in [1.807, 2.05) is 48.5 Å². The second kappa shape index (κ2) is 8.50. The maximum Gasteiger partial charge on any atom is 0.171 e. The molecule has 0 bridgehead atoms. The maximum atomic E-state index is 5.57. The van der Waals surface area contributed by atoms with Crippen LogP contribution in [0, 0.1) is 6.92 Å². The van der Waals surface area contributed by atoms with Gasteiger partial charge in [0, 0.05) is 11.8 Å². The van der Waals surface area contributed by atoms with Gasteiger partial charge in [-0.05, 0) is 48.0 Å². The van der Waals surface area contributed by atoms with Crippen LogP contribution in [0.4, 0.5) is 5.69 Å². The molecule has 1 unspecified atom stereocenters. The molecule has 3 nitrogen and oxygen atoms in total. The van der Waals surface area contributed by atoms with Crippen LogP contribution in [-0.2, 0) is 0 Å². The summed E-state index contributed by atoms with van der Waals surface area (Å²) in [6, 6.07) is 26.4. The molecule has 2 N–H and O–H groups in total. The van der Waals surface area contributed by atoms with Crippen molar-refractivity contribution in [2.45, 2.75) is 13.0 Å². The zero-order valence-electron chi connectivity index (χ0n) is 14.9. The molecule has 0 heterocycles. The largest absolute Gasteiger partial charge is 0.497 e. The molecule has 0 aliphatic heterocycles. The lowest BCUT2D eigenvalue weighted by atomic mass is 9.95. The number of aryl methyl sites for hydroxylation is 1. The van der Waals surface area contributed by atoms with Crippen LogP contribution in [0.15, 0.2) is 78.9 Å². The molecule has 0 aliphatic carbocycles. The number of nitrogens with one attached hydrogen (secondary N) is 2. The van der Waals surface area contributed by atoms with Gasteiger partial charge in [-0.15, -0.1) is 0 Å². The predicted octanol–water partition coefficient (Wildman–Crippen LogP) is 5.08. The Balaban J connectivity index is 1.84. The minimum atomic E-state index is -0.0250. The minimum absolute atomic E-state index is 0.0250. The SMILES string of the molecule is COc1cccc(NC(=S)NC(c2ccccc2)c2ccccc2C)c1. The molecule has 1 atom stereocenters. The first kappa shape index (κ1) is 18.0. The topological polar surface area (TPSA) is 33.3 Å². The lowest BCUT2D eigenvalue weighted by Gasteiger charge is -2.23. The van der Waals surface area contributed by atoms with E-state index in [-0.39, 0.29) is 6.04 Å². The highest BCUT2D eigenvalue weighted by Gasteiger charge is 2.17. The Labute approximate surface area is 160 Å². The summed E-state index contributed by atoms with van der Waals surface area (Å²) in [6.45, 7) is 2.12. The zero-order valence-corrected chi connectivity index (χ0v) is 15.7. The van der Waals surface area contributed by atoms with Crippen LogP contribution in [0.1, 0.15) is 22.7 Å². The van der Waals surface area contributed by atoms with Gasteiger partial charge >= 0.3 is 0 Å². The van der Waals surface area contributed by atoms with Crippen molar-refractivity contribution >= 4 is 23.0 Å².